The van der Waals surface area contributed by atoms with E-state index in [-0.39, 0.29) is 12.5 Å². The maximum atomic E-state index is 11.2. The summed E-state index contributed by atoms with van der Waals surface area (Å²) < 4.78 is 34.4. The van der Waals surface area contributed by atoms with Crippen LogP contribution in [-0.4, -0.2) is 169 Å². The van der Waals surface area contributed by atoms with Gasteiger partial charge in [-0.2, -0.15) is 0 Å². The fraction of sp³-hybridized carbons (Fsp3) is 1.00. The van der Waals surface area contributed by atoms with Crippen LogP contribution in [0.1, 0.15) is 40.0 Å². The molecular formula is C26H48O16. The maximum Gasteiger partial charge on any atom is 0.187 e. The zero-order chi connectivity index (χ0) is 31.3. The van der Waals surface area contributed by atoms with Crippen molar-refractivity contribution in [2.24, 2.45) is 5.92 Å². The van der Waals surface area contributed by atoms with Crippen LogP contribution in [0.25, 0.3) is 0 Å². The van der Waals surface area contributed by atoms with Gasteiger partial charge in [-0.1, -0.05) is 13.3 Å². The Labute approximate surface area is 243 Å². The molecule has 17 atom stereocenters. The van der Waals surface area contributed by atoms with Crippen molar-refractivity contribution in [2.75, 3.05) is 19.8 Å². The Bertz CT molecular complexity index is 789. The zero-order valence-electron chi connectivity index (χ0n) is 24.0. The standard InChI is InChI=1S/C26H48O16/c1-4-37-24(19(34)15(30)11(3)29)41-22-10(2)6-5-7-12(22)38-26-21(36)23(17(32)14(9-28)40-26)42-25-20(35)18(33)16(31)13(8-27)39-25/h10-36H,4-9H2,1-3H3. The fourth-order valence-corrected chi connectivity index (χ4v) is 5.52. The molecule has 2 saturated heterocycles. The van der Waals surface area contributed by atoms with Gasteiger partial charge in [0, 0.05) is 6.61 Å². The Hall–Kier alpha value is -0.640. The van der Waals surface area contributed by atoms with Gasteiger partial charge in [0.2, 0.25) is 0 Å². The molecule has 1 aliphatic carbocycles. The van der Waals surface area contributed by atoms with Crippen molar-refractivity contribution in [1.29, 1.82) is 0 Å². The number of ether oxygens (including phenoxy) is 6. The van der Waals surface area contributed by atoms with E-state index in [1.165, 1.54) is 6.92 Å². The molecule has 16 nitrogen and oxygen atoms in total. The molecule has 2 heterocycles. The summed E-state index contributed by atoms with van der Waals surface area (Å²) in [5, 5.41) is 102. The predicted molar refractivity (Wildman–Crippen MR) is 138 cm³/mol. The zero-order valence-corrected chi connectivity index (χ0v) is 24.0. The molecule has 0 radical (unpaired) electrons. The van der Waals surface area contributed by atoms with E-state index in [2.05, 4.69) is 0 Å². The molecule has 17 unspecified atom stereocenters. The first kappa shape index (κ1) is 35.8. The van der Waals surface area contributed by atoms with Gasteiger partial charge < -0.3 is 79.5 Å². The van der Waals surface area contributed by atoms with E-state index in [0.717, 1.165) is 0 Å². The van der Waals surface area contributed by atoms with Crippen LogP contribution in [0, 0.1) is 5.92 Å². The molecule has 3 aliphatic rings. The Morgan fingerprint density at radius 2 is 1.33 bits per heavy atom. The van der Waals surface area contributed by atoms with E-state index in [1.54, 1.807) is 6.92 Å². The molecule has 3 fully saturated rings. The second-order valence-corrected chi connectivity index (χ2v) is 11.2. The molecule has 0 amide bonds. The maximum absolute atomic E-state index is 11.2. The summed E-state index contributed by atoms with van der Waals surface area (Å²) in [4.78, 5) is 0. The first-order valence-corrected chi connectivity index (χ1v) is 14.4. The van der Waals surface area contributed by atoms with Gasteiger partial charge in [0.05, 0.1) is 31.5 Å². The van der Waals surface area contributed by atoms with Gasteiger partial charge in [-0.05, 0) is 32.6 Å². The highest BCUT2D eigenvalue weighted by Crippen LogP contribution is 2.35. The van der Waals surface area contributed by atoms with Gasteiger partial charge in [0.15, 0.2) is 18.9 Å². The van der Waals surface area contributed by atoms with Gasteiger partial charge in [-0.15, -0.1) is 0 Å². The fourth-order valence-electron chi connectivity index (χ4n) is 5.52. The number of aliphatic hydroxyl groups is 10. The molecule has 42 heavy (non-hydrogen) atoms. The summed E-state index contributed by atoms with van der Waals surface area (Å²) in [5.41, 5.74) is 0. The van der Waals surface area contributed by atoms with Gasteiger partial charge in [-0.3, -0.25) is 0 Å². The van der Waals surface area contributed by atoms with Gasteiger partial charge >= 0.3 is 0 Å². The number of hydrogen-bond donors (Lipinski definition) is 10. The second-order valence-electron chi connectivity index (χ2n) is 11.2. The van der Waals surface area contributed by atoms with Crippen LogP contribution in [0.3, 0.4) is 0 Å². The normalized spacial score (nSPS) is 44.4. The largest absolute Gasteiger partial charge is 0.394 e. The summed E-state index contributed by atoms with van der Waals surface area (Å²) in [5.74, 6) is -0.149. The van der Waals surface area contributed by atoms with Crippen molar-refractivity contribution in [1.82, 2.24) is 0 Å². The lowest BCUT2D eigenvalue weighted by Crippen LogP contribution is -2.65. The first-order valence-electron chi connectivity index (χ1n) is 14.4. The van der Waals surface area contributed by atoms with Crippen molar-refractivity contribution in [3.05, 3.63) is 0 Å². The molecule has 248 valence electrons. The van der Waals surface area contributed by atoms with Crippen LogP contribution in [0.2, 0.25) is 0 Å². The van der Waals surface area contributed by atoms with Crippen molar-refractivity contribution in [3.63, 3.8) is 0 Å². The Morgan fingerprint density at radius 3 is 1.90 bits per heavy atom. The van der Waals surface area contributed by atoms with E-state index in [1.807, 2.05) is 6.92 Å². The van der Waals surface area contributed by atoms with Gasteiger partial charge in [-0.25, -0.2) is 0 Å². The van der Waals surface area contributed by atoms with Crippen LogP contribution < -0.4 is 0 Å². The molecule has 10 N–H and O–H groups in total. The number of rotatable bonds is 13. The average Bonchev–Trinajstić information content (AvgIpc) is 2.96. The molecule has 0 aromatic heterocycles. The van der Waals surface area contributed by atoms with Crippen molar-refractivity contribution in [3.8, 4) is 0 Å². The third-order valence-corrected chi connectivity index (χ3v) is 8.09. The monoisotopic (exact) mass is 616 g/mol. The molecule has 0 spiro atoms. The summed E-state index contributed by atoms with van der Waals surface area (Å²) in [6.07, 6.45) is -21.4. The highest BCUT2D eigenvalue weighted by Gasteiger charge is 2.52. The van der Waals surface area contributed by atoms with E-state index in [9.17, 15) is 51.1 Å². The van der Waals surface area contributed by atoms with Gasteiger partial charge in [0.1, 0.15) is 61.0 Å². The topological polar surface area (TPSA) is 258 Å². The third-order valence-electron chi connectivity index (χ3n) is 8.09. The van der Waals surface area contributed by atoms with E-state index >= 15 is 0 Å². The SMILES string of the molecule is CCOC(OC1C(C)CCCC1OC1OC(CO)C(O)C(OC2OC(CO)C(O)C(O)C2O)C1O)C(O)C(O)C(C)O. The smallest absolute Gasteiger partial charge is 0.187 e. The van der Waals surface area contributed by atoms with Crippen molar-refractivity contribution < 1.29 is 79.5 Å². The first-order chi connectivity index (χ1) is 19.9. The minimum Gasteiger partial charge on any atom is -0.394 e. The second kappa shape index (κ2) is 16.1. The summed E-state index contributed by atoms with van der Waals surface area (Å²) in [6.45, 7) is 3.55. The highest BCUT2D eigenvalue weighted by atomic mass is 16.7. The molecular weight excluding hydrogens is 568 g/mol. The van der Waals surface area contributed by atoms with Crippen molar-refractivity contribution >= 4 is 0 Å². The van der Waals surface area contributed by atoms with Crippen LogP contribution in [0.4, 0.5) is 0 Å². The molecule has 0 aromatic rings. The molecule has 1 saturated carbocycles. The van der Waals surface area contributed by atoms with Gasteiger partial charge in [0.25, 0.3) is 0 Å². The average molecular weight is 617 g/mol. The third kappa shape index (κ3) is 8.14. The Kier molecular flexibility index (Phi) is 13.7. The molecule has 3 rings (SSSR count). The van der Waals surface area contributed by atoms with Crippen LogP contribution >= 0.6 is 0 Å². The molecule has 16 heteroatoms. The van der Waals surface area contributed by atoms with Crippen molar-refractivity contribution in [2.45, 2.75) is 138 Å². The Balaban J connectivity index is 1.78. The highest BCUT2D eigenvalue weighted by molar-refractivity contribution is 4.95. The van der Waals surface area contributed by atoms with Crippen LogP contribution in [0.5, 0.6) is 0 Å². The number of hydrogen-bond acceptors (Lipinski definition) is 16. The van der Waals surface area contributed by atoms with Crippen LogP contribution in [0.15, 0.2) is 0 Å². The van der Waals surface area contributed by atoms with E-state index in [4.69, 9.17) is 28.4 Å². The minimum atomic E-state index is -1.81. The lowest BCUT2D eigenvalue weighted by molar-refractivity contribution is -0.369. The summed E-state index contributed by atoms with van der Waals surface area (Å²) in [6, 6.07) is 0. The predicted octanol–water partition coefficient (Wildman–Crippen LogP) is -4.33. The van der Waals surface area contributed by atoms with E-state index < -0.39 is 111 Å². The summed E-state index contributed by atoms with van der Waals surface area (Å²) >= 11 is 0. The minimum absolute atomic E-state index is 0.123. The lowest BCUT2D eigenvalue weighted by atomic mass is 9.85. The van der Waals surface area contributed by atoms with E-state index in [0.29, 0.717) is 19.3 Å². The summed E-state index contributed by atoms with van der Waals surface area (Å²) in [7, 11) is 0. The molecule has 2 aliphatic heterocycles. The Morgan fingerprint density at radius 1 is 0.738 bits per heavy atom. The molecule has 0 aromatic carbocycles. The van der Waals surface area contributed by atoms with Crippen LogP contribution in [-0.2, 0) is 28.4 Å². The quantitative estimate of drug-likeness (QED) is 0.0877. The molecule has 0 bridgehead atoms. The lowest BCUT2D eigenvalue weighted by Gasteiger charge is -2.47. The number of aliphatic hydroxyl groups excluding tert-OH is 10.